The van der Waals surface area contributed by atoms with E-state index >= 15 is 0 Å². The van der Waals surface area contributed by atoms with Gasteiger partial charge in [-0.1, -0.05) is 78.9 Å². The number of ketones is 2. The number of Topliss-reactive ketones (excluding diaryl/α,β-unsaturated/α-hetero) is 2. The Kier molecular flexibility index (Phi) is 4.17. The first-order valence-corrected chi connectivity index (χ1v) is 10.2. The number of anilines is 1. The summed E-state index contributed by atoms with van der Waals surface area (Å²) in [5, 5.41) is 0. The van der Waals surface area contributed by atoms with Gasteiger partial charge in [-0.05, 0) is 18.6 Å². The van der Waals surface area contributed by atoms with Gasteiger partial charge in [-0.15, -0.1) is 0 Å². The summed E-state index contributed by atoms with van der Waals surface area (Å²) in [6.45, 7) is 2.41. The van der Waals surface area contributed by atoms with Crippen LogP contribution in [0.4, 0.5) is 5.69 Å². The van der Waals surface area contributed by atoms with Crippen molar-refractivity contribution in [2.24, 2.45) is 11.8 Å². The van der Waals surface area contributed by atoms with Crippen LogP contribution in [0, 0.1) is 11.8 Å². The lowest BCUT2D eigenvalue weighted by Crippen LogP contribution is -2.35. The topological polar surface area (TPSA) is 54.5 Å². The van der Waals surface area contributed by atoms with Gasteiger partial charge in [0.1, 0.15) is 0 Å². The highest BCUT2D eigenvalue weighted by Gasteiger charge is 2.79. The van der Waals surface area contributed by atoms with E-state index in [0.717, 1.165) is 11.3 Å². The molecule has 0 N–H and O–H groups in total. The molecule has 1 fully saturated rings. The number of nitrogens with zero attached hydrogens (tertiary/aromatic N) is 1. The van der Waals surface area contributed by atoms with Gasteiger partial charge in [-0.2, -0.15) is 0 Å². The molecule has 1 heterocycles. The van der Waals surface area contributed by atoms with E-state index in [1.54, 1.807) is 53.4 Å². The van der Waals surface area contributed by atoms with E-state index in [0.29, 0.717) is 17.7 Å². The quantitative estimate of drug-likeness (QED) is 0.605. The Bertz CT molecular complexity index is 1100. The van der Waals surface area contributed by atoms with E-state index in [1.807, 2.05) is 43.3 Å². The van der Waals surface area contributed by atoms with Crippen LogP contribution >= 0.6 is 0 Å². The van der Waals surface area contributed by atoms with Gasteiger partial charge in [0.2, 0.25) is 5.91 Å². The van der Waals surface area contributed by atoms with Crippen LogP contribution in [0.3, 0.4) is 0 Å². The molecule has 1 saturated carbocycles. The van der Waals surface area contributed by atoms with Crippen LogP contribution in [0.2, 0.25) is 0 Å². The molecule has 1 amide bonds. The van der Waals surface area contributed by atoms with Crippen molar-refractivity contribution in [2.45, 2.75) is 12.3 Å². The molecule has 30 heavy (non-hydrogen) atoms. The van der Waals surface area contributed by atoms with Crippen LogP contribution < -0.4 is 4.90 Å². The molecule has 0 aromatic heterocycles. The Balaban J connectivity index is 1.68. The fraction of sp³-hybridized carbons (Fsp3) is 0.192. The van der Waals surface area contributed by atoms with Gasteiger partial charge >= 0.3 is 0 Å². The maximum Gasteiger partial charge on any atom is 0.239 e. The molecule has 1 aliphatic heterocycles. The Morgan fingerprint density at radius 2 is 1.23 bits per heavy atom. The summed E-state index contributed by atoms with van der Waals surface area (Å²) in [6, 6.07) is 25.5. The number of carbonyl (C=O) groups excluding carboxylic acids is 3. The monoisotopic (exact) mass is 395 g/mol. The maximum absolute atomic E-state index is 13.7. The van der Waals surface area contributed by atoms with Crippen molar-refractivity contribution in [3.63, 3.8) is 0 Å². The second-order valence-corrected chi connectivity index (χ2v) is 7.85. The SMILES string of the molecule is CCN1C(=O)C2(c3ccccc31)[C@@H](C(=O)c1ccccc1)[C@@H]2C(=O)c1ccccc1. The van der Waals surface area contributed by atoms with Crippen molar-refractivity contribution in [1.82, 2.24) is 0 Å². The molecule has 1 aliphatic carbocycles. The molecular weight excluding hydrogens is 374 g/mol. The number of hydrogen-bond acceptors (Lipinski definition) is 3. The van der Waals surface area contributed by atoms with Crippen LogP contribution in [0.15, 0.2) is 84.9 Å². The summed E-state index contributed by atoms with van der Waals surface area (Å²) in [6.07, 6.45) is 0. The Hall–Kier alpha value is -3.53. The van der Waals surface area contributed by atoms with E-state index in [9.17, 15) is 14.4 Å². The predicted molar refractivity (Wildman–Crippen MR) is 115 cm³/mol. The molecule has 1 spiro atoms. The van der Waals surface area contributed by atoms with Crippen LogP contribution in [-0.4, -0.2) is 24.0 Å². The largest absolute Gasteiger partial charge is 0.312 e. The molecule has 0 saturated heterocycles. The first-order chi connectivity index (χ1) is 14.6. The zero-order valence-corrected chi connectivity index (χ0v) is 16.6. The van der Waals surface area contributed by atoms with Crippen molar-refractivity contribution in [1.29, 1.82) is 0 Å². The summed E-state index contributed by atoms with van der Waals surface area (Å²) in [5.41, 5.74) is 1.54. The summed E-state index contributed by atoms with van der Waals surface area (Å²) in [5.74, 6) is -1.83. The Morgan fingerprint density at radius 1 is 0.767 bits per heavy atom. The van der Waals surface area contributed by atoms with Gasteiger partial charge in [0.25, 0.3) is 0 Å². The van der Waals surface area contributed by atoms with Crippen molar-refractivity contribution in [2.75, 3.05) is 11.4 Å². The minimum atomic E-state index is -1.12. The number of fused-ring (bicyclic) bond motifs is 2. The molecule has 0 radical (unpaired) electrons. The molecule has 148 valence electrons. The number of carbonyl (C=O) groups is 3. The Labute approximate surface area is 175 Å². The van der Waals surface area contributed by atoms with E-state index < -0.39 is 17.3 Å². The minimum Gasteiger partial charge on any atom is -0.312 e. The lowest BCUT2D eigenvalue weighted by Gasteiger charge is -2.15. The van der Waals surface area contributed by atoms with E-state index in [4.69, 9.17) is 0 Å². The number of amides is 1. The van der Waals surface area contributed by atoms with Gasteiger partial charge in [0.15, 0.2) is 11.6 Å². The fourth-order valence-corrected chi connectivity index (χ4v) is 5.09. The van der Waals surface area contributed by atoms with Crippen molar-refractivity contribution in [3.05, 3.63) is 102 Å². The van der Waals surface area contributed by atoms with Crippen LogP contribution in [0.25, 0.3) is 0 Å². The van der Waals surface area contributed by atoms with Gasteiger partial charge < -0.3 is 4.90 Å². The zero-order valence-electron chi connectivity index (χ0n) is 16.6. The van der Waals surface area contributed by atoms with Crippen LogP contribution in [0.1, 0.15) is 33.2 Å². The molecule has 2 atom stereocenters. The normalized spacial score (nSPS) is 24.0. The number of rotatable bonds is 5. The summed E-state index contributed by atoms with van der Waals surface area (Å²) in [4.78, 5) is 42.5. The minimum absolute atomic E-state index is 0.144. The van der Waals surface area contributed by atoms with Gasteiger partial charge in [-0.3, -0.25) is 14.4 Å². The van der Waals surface area contributed by atoms with Crippen LogP contribution in [-0.2, 0) is 10.2 Å². The zero-order chi connectivity index (χ0) is 20.9. The van der Waals surface area contributed by atoms with E-state index in [-0.39, 0.29) is 17.5 Å². The number of hydrogen-bond donors (Lipinski definition) is 0. The standard InChI is InChI=1S/C26H21NO3/c1-2-27-20-16-10-9-15-19(20)26(25(27)30)21(23(28)17-11-5-3-6-12-17)22(26)24(29)18-13-7-4-8-14-18/h3-16,21-22H,2H2,1H3/t21-,22-/m1/s1. The van der Waals surface area contributed by atoms with Crippen LogP contribution in [0.5, 0.6) is 0 Å². The average molecular weight is 395 g/mol. The van der Waals surface area contributed by atoms with Crippen molar-refractivity contribution >= 4 is 23.2 Å². The van der Waals surface area contributed by atoms with E-state index in [2.05, 4.69) is 0 Å². The lowest BCUT2D eigenvalue weighted by atomic mass is 9.90. The second kappa shape index (κ2) is 6.77. The molecule has 4 nitrogen and oxygen atoms in total. The van der Waals surface area contributed by atoms with Gasteiger partial charge in [0.05, 0.1) is 17.3 Å². The smallest absolute Gasteiger partial charge is 0.239 e. The highest BCUT2D eigenvalue weighted by atomic mass is 16.2. The second-order valence-electron chi connectivity index (χ2n) is 7.85. The highest BCUT2D eigenvalue weighted by molar-refractivity contribution is 6.23. The highest BCUT2D eigenvalue weighted by Crippen LogP contribution is 2.67. The first kappa shape index (κ1) is 18.5. The molecule has 0 bridgehead atoms. The van der Waals surface area contributed by atoms with Crippen molar-refractivity contribution < 1.29 is 14.4 Å². The molecule has 4 heteroatoms. The molecule has 3 aromatic rings. The molecule has 3 aromatic carbocycles. The molecule has 5 rings (SSSR count). The third kappa shape index (κ3) is 2.37. The van der Waals surface area contributed by atoms with E-state index in [1.165, 1.54) is 0 Å². The average Bonchev–Trinajstić information content (AvgIpc) is 3.44. The summed E-state index contributed by atoms with van der Waals surface area (Å²) in [7, 11) is 0. The predicted octanol–water partition coefficient (Wildman–Crippen LogP) is 4.30. The summed E-state index contributed by atoms with van der Waals surface area (Å²) >= 11 is 0. The fourth-order valence-electron chi connectivity index (χ4n) is 5.09. The Morgan fingerprint density at radius 3 is 1.73 bits per heavy atom. The third-order valence-corrected chi connectivity index (χ3v) is 6.44. The molecular formula is C26H21NO3. The molecule has 2 aliphatic rings. The van der Waals surface area contributed by atoms with Gasteiger partial charge in [-0.25, -0.2) is 0 Å². The maximum atomic E-state index is 13.7. The number of benzene rings is 3. The number of para-hydroxylation sites is 1. The van der Waals surface area contributed by atoms with Gasteiger partial charge in [0, 0.05) is 23.4 Å². The van der Waals surface area contributed by atoms with Crippen molar-refractivity contribution in [3.8, 4) is 0 Å². The number of likely N-dealkylation sites (N-methyl/N-ethyl adjacent to an activating group) is 1. The third-order valence-electron chi connectivity index (χ3n) is 6.44. The lowest BCUT2D eigenvalue weighted by molar-refractivity contribution is -0.120. The summed E-state index contributed by atoms with van der Waals surface area (Å²) < 4.78 is 0. The molecule has 0 unspecified atom stereocenters. The first-order valence-electron chi connectivity index (χ1n) is 10.2.